The molecule has 0 saturated carbocycles. The maximum atomic E-state index is 13.5. The van der Waals surface area contributed by atoms with Gasteiger partial charge in [-0.25, -0.2) is 8.42 Å². The minimum atomic E-state index is -3.83. The highest BCUT2D eigenvalue weighted by Crippen LogP contribution is 2.36. The van der Waals surface area contributed by atoms with Crippen LogP contribution in [0.15, 0.2) is 109 Å². The molecule has 0 fully saturated rings. The van der Waals surface area contributed by atoms with E-state index < -0.39 is 22.0 Å². The predicted molar refractivity (Wildman–Crippen MR) is 155 cm³/mol. The number of ether oxygens (including phenoxy) is 1. The third-order valence-electron chi connectivity index (χ3n) is 6.53. The largest absolute Gasteiger partial charge is 0.476 e. The maximum Gasteiger partial charge on any atom is 0.267 e. The molecule has 204 valence electrons. The smallest absolute Gasteiger partial charge is 0.267 e. The number of anilines is 2. The minimum absolute atomic E-state index is 0.205. The molecular weight excluding hydrogens is 526 g/mol. The number of nitrogens with one attached hydrogen (secondary N) is 2. The van der Waals surface area contributed by atoms with Crippen molar-refractivity contribution in [2.75, 3.05) is 22.7 Å². The van der Waals surface area contributed by atoms with Gasteiger partial charge in [0, 0.05) is 6.54 Å². The minimum Gasteiger partial charge on any atom is -0.476 e. The molecule has 0 radical (unpaired) electrons. The first-order chi connectivity index (χ1) is 19.4. The fourth-order valence-electron chi connectivity index (χ4n) is 4.53. The molecule has 1 atom stereocenters. The molecule has 1 heterocycles. The van der Waals surface area contributed by atoms with Gasteiger partial charge in [0.2, 0.25) is 10.0 Å². The van der Waals surface area contributed by atoms with Crippen molar-refractivity contribution in [3.8, 4) is 5.75 Å². The van der Waals surface area contributed by atoms with Crippen molar-refractivity contribution in [1.82, 2.24) is 5.32 Å². The van der Waals surface area contributed by atoms with E-state index in [9.17, 15) is 18.0 Å². The maximum absolute atomic E-state index is 13.5. The second-order valence-electron chi connectivity index (χ2n) is 9.37. The fourth-order valence-corrected chi connectivity index (χ4v) is 6.11. The van der Waals surface area contributed by atoms with E-state index in [2.05, 4.69) is 10.6 Å². The van der Waals surface area contributed by atoms with E-state index in [0.717, 1.165) is 5.56 Å². The Bertz CT molecular complexity index is 1590. The van der Waals surface area contributed by atoms with E-state index in [1.54, 1.807) is 72.8 Å². The van der Waals surface area contributed by atoms with E-state index in [0.29, 0.717) is 35.5 Å². The first-order valence-electron chi connectivity index (χ1n) is 12.9. The number of rotatable bonds is 9. The number of hydrogen-bond acceptors (Lipinski definition) is 5. The molecular formula is C31H29N3O5S. The van der Waals surface area contributed by atoms with Crippen molar-refractivity contribution in [2.45, 2.75) is 18.3 Å². The third-order valence-corrected chi connectivity index (χ3v) is 8.24. The van der Waals surface area contributed by atoms with Crippen molar-refractivity contribution >= 4 is 33.2 Å². The van der Waals surface area contributed by atoms with Crippen LogP contribution < -0.4 is 19.7 Å². The molecule has 9 heteroatoms. The first kappa shape index (κ1) is 27.0. The van der Waals surface area contributed by atoms with Gasteiger partial charge >= 0.3 is 0 Å². The Balaban J connectivity index is 1.31. The average molecular weight is 556 g/mol. The Morgan fingerprint density at radius 3 is 2.17 bits per heavy atom. The topological polar surface area (TPSA) is 105 Å². The molecule has 5 rings (SSSR count). The fraction of sp³-hybridized carbons (Fsp3) is 0.161. The predicted octanol–water partition coefficient (Wildman–Crippen LogP) is 4.40. The van der Waals surface area contributed by atoms with E-state index in [4.69, 9.17) is 4.74 Å². The van der Waals surface area contributed by atoms with Gasteiger partial charge in [0.25, 0.3) is 11.8 Å². The zero-order chi connectivity index (χ0) is 28.0. The summed E-state index contributed by atoms with van der Waals surface area (Å²) in [6.07, 6.45) is -0.460. The Morgan fingerprint density at radius 2 is 1.43 bits per heavy atom. The summed E-state index contributed by atoms with van der Waals surface area (Å²) in [6, 6.07) is 32.1. The molecule has 2 amide bonds. The Labute approximate surface area is 233 Å². The lowest BCUT2D eigenvalue weighted by atomic mass is 10.1. The van der Waals surface area contributed by atoms with Gasteiger partial charge in [0.05, 0.1) is 29.2 Å². The quantitative estimate of drug-likeness (QED) is 0.319. The lowest BCUT2D eigenvalue weighted by Crippen LogP contribution is -2.49. The number of fused-ring (bicyclic) bond motifs is 1. The van der Waals surface area contributed by atoms with Crippen LogP contribution in [-0.2, 0) is 27.0 Å². The van der Waals surface area contributed by atoms with Gasteiger partial charge in [-0.2, -0.15) is 0 Å². The molecule has 0 spiro atoms. The molecule has 40 heavy (non-hydrogen) atoms. The molecule has 4 aromatic carbocycles. The van der Waals surface area contributed by atoms with Gasteiger partial charge in [0.1, 0.15) is 5.75 Å². The number of sulfonamides is 1. The van der Waals surface area contributed by atoms with Gasteiger partial charge in [0.15, 0.2) is 6.10 Å². The van der Waals surface area contributed by atoms with E-state index in [1.165, 1.54) is 4.31 Å². The zero-order valence-corrected chi connectivity index (χ0v) is 22.5. The first-order valence-corrected chi connectivity index (χ1v) is 14.5. The Hall–Kier alpha value is -4.63. The molecule has 8 nitrogen and oxygen atoms in total. The van der Waals surface area contributed by atoms with Crippen molar-refractivity contribution in [3.63, 3.8) is 0 Å². The number of para-hydroxylation sites is 3. The van der Waals surface area contributed by atoms with Crippen molar-refractivity contribution in [1.29, 1.82) is 0 Å². The highest BCUT2D eigenvalue weighted by Gasteiger charge is 2.37. The number of benzene rings is 4. The van der Waals surface area contributed by atoms with Crippen LogP contribution in [0.1, 0.15) is 21.5 Å². The van der Waals surface area contributed by atoms with Crippen LogP contribution in [0.25, 0.3) is 0 Å². The highest BCUT2D eigenvalue weighted by molar-refractivity contribution is 7.92. The number of amides is 2. The van der Waals surface area contributed by atoms with Crippen LogP contribution in [0.4, 0.5) is 11.4 Å². The number of carbonyl (C=O) groups is 2. The van der Waals surface area contributed by atoms with Crippen molar-refractivity contribution in [2.24, 2.45) is 0 Å². The molecule has 1 aliphatic heterocycles. The summed E-state index contributed by atoms with van der Waals surface area (Å²) >= 11 is 0. The van der Waals surface area contributed by atoms with Gasteiger partial charge in [-0.15, -0.1) is 0 Å². The lowest BCUT2D eigenvalue weighted by molar-refractivity contribution is -0.122. The summed E-state index contributed by atoms with van der Waals surface area (Å²) < 4.78 is 34.1. The van der Waals surface area contributed by atoms with Gasteiger partial charge in [-0.05, 0) is 41.8 Å². The van der Waals surface area contributed by atoms with Crippen LogP contribution in [0.2, 0.25) is 0 Å². The molecule has 2 N–H and O–H groups in total. The van der Waals surface area contributed by atoms with E-state index in [-0.39, 0.29) is 24.0 Å². The number of hydrogen-bond donors (Lipinski definition) is 2. The summed E-state index contributed by atoms with van der Waals surface area (Å²) in [5.74, 6) is -0.812. The Morgan fingerprint density at radius 1 is 0.800 bits per heavy atom. The van der Waals surface area contributed by atoms with Crippen LogP contribution in [0, 0.1) is 0 Å². The summed E-state index contributed by atoms with van der Waals surface area (Å²) in [7, 11) is -3.83. The van der Waals surface area contributed by atoms with Crippen molar-refractivity contribution in [3.05, 3.63) is 126 Å². The second-order valence-corrected chi connectivity index (χ2v) is 11.3. The lowest BCUT2D eigenvalue weighted by Gasteiger charge is -2.34. The zero-order valence-electron chi connectivity index (χ0n) is 21.7. The summed E-state index contributed by atoms with van der Waals surface area (Å²) in [5.41, 5.74) is 2.73. The number of carbonyl (C=O) groups excluding carboxylic acids is 2. The molecule has 0 bridgehead atoms. The third kappa shape index (κ3) is 6.32. The van der Waals surface area contributed by atoms with E-state index in [1.807, 2.05) is 36.4 Å². The molecule has 1 aliphatic rings. The molecule has 0 aliphatic carbocycles. The standard InChI is InChI=1S/C31H29N3O5S/c35-30(32-20-19-23-11-3-1-4-12-23)25-15-7-8-16-26(25)33-31(36)29-21-34(27-17-9-10-18-28(27)39-29)40(37,38)22-24-13-5-2-6-14-24/h1-18,29H,19-22H2,(H,32,35)(H,33,36)/t29-/m0/s1. The SMILES string of the molecule is O=C(NCCc1ccccc1)c1ccccc1NC(=O)[C@@H]1CN(S(=O)(=O)Cc2ccccc2)c2ccccc2O1. The van der Waals surface area contributed by atoms with Gasteiger partial charge < -0.3 is 15.4 Å². The molecule has 0 unspecified atom stereocenters. The number of nitrogens with zero attached hydrogens (tertiary/aromatic N) is 1. The van der Waals surface area contributed by atoms with Crippen LogP contribution in [0.5, 0.6) is 5.75 Å². The summed E-state index contributed by atoms with van der Waals surface area (Å²) in [4.78, 5) is 26.3. The monoisotopic (exact) mass is 555 g/mol. The molecule has 0 saturated heterocycles. The summed E-state index contributed by atoms with van der Waals surface area (Å²) in [6.45, 7) is 0.228. The summed E-state index contributed by atoms with van der Waals surface area (Å²) in [5, 5.41) is 5.67. The highest BCUT2D eigenvalue weighted by atomic mass is 32.2. The second kappa shape index (κ2) is 12.0. The van der Waals surface area contributed by atoms with Crippen molar-refractivity contribution < 1.29 is 22.7 Å². The molecule has 4 aromatic rings. The van der Waals surface area contributed by atoms with Crippen LogP contribution >= 0.6 is 0 Å². The van der Waals surface area contributed by atoms with Crippen LogP contribution in [0.3, 0.4) is 0 Å². The average Bonchev–Trinajstić information content (AvgIpc) is 2.97. The molecule has 0 aromatic heterocycles. The normalized spacial score (nSPS) is 14.5. The van der Waals surface area contributed by atoms with E-state index >= 15 is 0 Å². The van der Waals surface area contributed by atoms with Gasteiger partial charge in [-0.1, -0.05) is 84.9 Å². The Kier molecular flexibility index (Phi) is 8.12. The van der Waals surface area contributed by atoms with Gasteiger partial charge in [-0.3, -0.25) is 13.9 Å². The van der Waals surface area contributed by atoms with Crippen LogP contribution in [-0.4, -0.2) is 39.4 Å².